The molecule has 0 amide bonds. The summed E-state index contributed by atoms with van der Waals surface area (Å²) in [5.41, 5.74) is 4.71. The number of rotatable bonds is 1. The Morgan fingerprint density at radius 2 is 1.82 bits per heavy atom. The molecule has 0 aliphatic carbocycles. The van der Waals surface area contributed by atoms with Crippen molar-refractivity contribution in [3.05, 3.63) is 36.2 Å². The molecule has 2 rings (SSSR count). The van der Waals surface area contributed by atoms with Crippen LogP contribution in [0.5, 0.6) is 0 Å². The fourth-order valence-electron chi connectivity index (χ4n) is 1.51. The summed E-state index contributed by atoms with van der Waals surface area (Å²) in [7, 11) is 0. The normalized spacial score (nSPS) is 11.7. The molecule has 0 atom stereocenters. The molecular formula is C10H9F3N4. The highest BCUT2D eigenvalue weighted by Gasteiger charge is 2.34. The molecule has 0 aliphatic heterocycles. The van der Waals surface area contributed by atoms with Gasteiger partial charge in [0.25, 0.3) is 0 Å². The average molecular weight is 242 g/mol. The molecule has 1 aromatic carbocycles. The van der Waals surface area contributed by atoms with Crippen LogP contribution in [-0.4, -0.2) is 9.66 Å². The molecule has 0 spiro atoms. The third-order valence-corrected chi connectivity index (χ3v) is 2.32. The van der Waals surface area contributed by atoms with Crippen LogP contribution in [0.4, 0.5) is 19.0 Å². The van der Waals surface area contributed by atoms with Crippen LogP contribution in [0.2, 0.25) is 0 Å². The second-order valence-electron chi connectivity index (χ2n) is 3.43. The van der Waals surface area contributed by atoms with E-state index in [0.29, 0.717) is 0 Å². The minimum Gasteiger partial charge on any atom is -0.382 e. The van der Waals surface area contributed by atoms with E-state index in [1.807, 2.05) is 0 Å². The van der Waals surface area contributed by atoms with E-state index in [0.717, 1.165) is 17.1 Å². The predicted molar refractivity (Wildman–Crippen MR) is 57.2 cm³/mol. The number of nitrogen functional groups attached to an aromatic ring is 2. The van der Waals surface area contributed by atoms with Crippen molar-refractivity contribution in [2.45, 2.75) is 6.18 Å². The predicted octanol–water partition coefficient (Wildman–Crippen LogP) is 1.86. The number of anilines is 1. The van der Waals surface area contributed by atoms with Gasteiger partial charge in [0.1, 0.15) is 12.0 Å². The Morgan fingerprint density at radius 1 is 1.18 bits per heavy atom. The van der Waals surface area contributed by atoms with Gasteiger partial charge in [0.05, 0.1) is 5.56 Å². The van der Waals surface area contributed by atoms with Gasteiger partial charge in [-0.2, -0.15) is 13.2 Å². The molecule has 4 N–H and O–H groups in total. The lowest BCUT2D eigenvalue weighted by molar-refractivity contribution is -0.137. The molecule has 0 bridgehead atoms. The fraction of sp³-hybridized carbons (Fsp3) is 0.100. The Hall–Kier alpha value is -2.18. The fourth-order valence-corrected chi connectivity index (χ4v) is 1.51. The summed E-state index contributed by atoms with van der Waals surface area (Å²) in [6.07, 6.45) is -3.29. The number of hydrogen-bond acceptors (Lipinski definition) is 3. The average Bonchev–Trinajstić information content (AvgIpc) is 2.59. The Labute approximate surface area is 94.6 Å². The minimum atomic E-state index is -4.46. The summed E-state index contributed by atoms with van der Waals surface area (Å²) in [6.45, 7) is 0. The van der Waals surface area contributed by atoms with Crippen molar-refractivity contribution in [3.8, 4) is 11.3 Å². The van der Waals surface area contributed by atoms with Crippen molar-refractivity contribution in [2.24, 2.45) is 0 Å². The van der Waals surface area contributed by atoms with Crippen molar-refractivity contribution in [1.82, 2.24) is 9.66 Å². The smallest absolute Gasteiger partial charge is 0.382 e. The number of benzene rings is 1. The van der Waals surface area contributed by atoms with Crippen LogP contribution in [0.25, 0.3) is 11.3 Å². The number of hydrogen-bond donors (Lipinski definition) is 2. The molecule has 0 fully saturated rings. The topological polar surface area (TPSA) is 69.9 Å². The molecule has 0 saturated heterocycles. The summed E-state index contributed by atoms with van der Waals surface area (Å²) in [5, 5.41) is 0. The maximum absolute atomic E-state index is 12.8. The van der Waals surface area contributed by atoms with Gasteiger partial charge in [-0.1, -0.05) is 18.2 Å². The molecule has 4 nitrogen and oxygen atoms in total. The molecule has 17 heavy (non-hydrogen) atoms. The standard InChI is InChI=1S/C10H9F3N4/c11-10(12,13)7-4-2-1-3-6(7)8-9(14)17(15)5-16-8/h1-5H,14-15H2. The first-order valence-corrected chi connectivity index (χ1v) is 4.65. The Morgan fingerprint density at radius 3 is 2.35 bits per heavy atom. The molecule has 2 aromatic rings. The van der Waals surface area contributed by atoms with Gasteiger partial charge in [-0.05, 0) is 6.07 Å². The van der Waals surface area contributed by atoms with Crippen molar-refractivity contribution >= 4 is 5.82 Å². The first-order chi connectivity index (χ1) is 7.91. The highest BCUT2D eigenvalue weighted by atomic mass is 19.4. The van der Waals surface area contributed by atoms with E-state index in [-0.39, 0.29) is 17.1 Å². The van der Waals surface area contributed by atoms with Crippen molar-refractivity contribution < 1.29 is 13.2 Å². The van der Waals surface area contributed by atoms with E-state index in [2.05, 4.69) is 4.98 Å². The zero-order valence-electron chi connectivity index (χ0n) is 8.57. The lowest BCUT2D eigenvalue weighted by Gasteiger charge is -2.11. The Balaban J connectivity index is 2.64. The number of alkyl halides is 3. The van der Waals surface area contributed by atoms with Crippen LogP contribution in [-0.2, 0) is 6.18 Å². The largest absolute Gasteiger partial charge is 0.417 e. The molecule has 1 aromatic heterocycles. The van der Waals surface area contributed by atoms with Gasteiger partial charge in [0.2, 0.25) is 0 Å². The summed E-state index contributed by atoms with van der Waals surface area (Å²) in [4.78, 5) is 3.77. The molecule has 0 aliphatic rings. The Bertz CT molecular complexity index is 545. The van der Waals surface area contributed by atoms with E-state index >= 15 is 0 Å². The Kier molecular flexibility index (Phi) is 2.45. The second-order valence-corrected chi connectivity index (χ2v) is 3.43. The first kappa shape index (κ1) is 11.3. The quantitative estimate of drug-likeness (QED) is 0.750. The van der Waals surface area contributed by atoms with Gasteiger partial charge >= 0.3 is 6.18 Å². The summed E-state index contributed by atoms with van der Waals surface area (Å²) in [6, 6.07) is 5.08. The zero-order chi connectivity index (χ0) is 12.6. The first-order valence-electron chi connectivity index (χ1n) is 4.65. The number of halogens is 3. The minimum absolute atomic E-state index is 0.0123. The van der Waals surface area contributed by atoms with Gasteiger partial charge in [-0.25, -0.2) is 9.66 Å². The molecule has 7 heteroatoms. The van der Waals surface area contributed by atoms with Crippen molar-refractivity contribution in [3.63, 3.8) is 0 Å². The van der Waals surface area contributed by atoms with Gasteiger partial charge in [0.15, 0.2) is 5.82 Å². The molecule has 0 radical (unpaired) electrons. The summed E-state index contributed by atoms with van der Waals surface area (Å²) >= 11 is 0. The lowest BCUT2D eigenvalue weighted by Crippen LogP contribution is -2.11. The van der Waals surface area contributed by atoms with Crippen LogP contribution >= 0.6 is 0 Å². The molecule has 90 valence electrons. The van der Waals surface area contributed by atoms with Crippen LogP contribution in [0.3, 0.4) is 0 Å². The highest BCUT2D eigenvalue weighted by Crippen LogP contribution is 2.37. The van der Waals surface area contributed by atoms with E-state index in [4.69, 9.17) is 11.6 Å². The zero-order valence-corrected chi connectivity index (χ0v) is 8.57. The van der Waals surface area contributed by atoms with Gasteiger partial charge in [-0.3, -0.25) is 0 Å². The molecular weight excluding hydrogens is 233 g/mol. The third kappa shape index (κ3) is 1.91. The third-order valence-electron chi connectivity index (χ3n) is 2.32. The SMILES string of the molecule is Nc1c(-c2ccccc2C(F)(F)F)ncn1N. The van der Waals surface area contributed by atoms with Crippen LogP contribution < -0.4 is 11.6 Å². The maximum atomic E-state index is 12.8. The van der Waals surface area contributed by atoms with Gasteiger partial charge < -0.3 is 11.6 Å². The van der Waals surface area contributed by atoms with Crippen LogP contribution in [0.15, 0.2) is 30.6 Å². The number of imidazole rings is 1. The summed E-state index contributed by atoms with van der Waals surface area (Å²) in [5.74, 6) is 5.37. The van der Waals surface area contributed by atoms with Crippen LogP contribution in [0.1, 0.15) is 5.56 Å². The second kappa shape index (κ2) is 3.69. The van der Waals surface area contributed by atoms with E-state index in [1.54, 1.807) is 0 Å². The van der Waals surface area contributed by atoms with Crippen LogP contribution in [0, 0.1) is 0 Å². The lowest BCUT2D eigenvalue weighted by atomic mass is 10.0. The number of nitrogens with zero attached hydrogens (tertiary/aromatic N) is 2. The van der Waals surface area contributed by atoms with Crippen molar-refractivity contribution in [2.75, 3.05) is 11.6 Å². The number of aromatic nitrogens is 2. The summed E-state index contributed by atoms with van der Waals surface area (Å²) < 4.78 is 39.3. The van der Waals surface area contributed by atoms with Gasteiger partial charge in [0, 0.05) is 5.56 Å². The van der Waals surface area contributed by atoms with E-state index < -0.39 is 11.7 Å². The van der Waals surface area contributed by atoms with Crippen molar-refractivity contribution in [1.29, 1.82) is 0 Å². The molecule has 1 heterocycles. The molecule has 0 saturated carbocycles. The molecule has 0 unspecified atom stereocenters. The van der Waals surface area contributed by atoms with E-state index in [1.165, 1.54) is 18.2 Å². The number of nitrogens with two attached hydrogens (primary N) is 2. The highest BCUT2D eigenvalue weighted by molar-refractivity contribution is 5.73. The monoisotopic (exact) mass is 242 g/mol. The van der Waals surface area contributed by atoms with Gasteiger partial charge in [-0.15, -0.1) is 0 Å². The van der Waals surface area contributed by atoms with E-state index in [9.17, 15) is 13.2 Å². The maximum Gasteiger partial charge on any atom is 0.417 e.